The van der Waals surface area contributed by atoms with E-state index in [0.29, 0.717) is 5.56 Å². The summed E-state index contributed by atoms with van der Waals surface area (Å²) in [6, 6.07) is 9.54. The Morgan fingerprint density at radius 2 is 2.18 bits per heavy atom. The van der Waals surface area contributed by atoms with E-state index >= 15 is 0 Å². The van der Waals surface area contributed by atoms with Crippen LogP contribution in [0.5, 0.6) is 0 Å². The van der Waals surface area contributed by atoms with Crippen molar-refractivity contribution < 1.29 is 4.79 Å². The number of carbonyl (C=O) groups excluding carboxylic acids is 1. The highest BCUT2D eigenvalue weighted by Crippen LogP contribution is 2.18. The summed E-state index contributed by atoms with van der Waals surface area (Å²) in [7, 11) is 0. The standard InChI is InChI=1S/C16H19N3OS2/c1-3-5-14-9-12(10-22-14)15(20)18-19(16(17)21)13-7-4-6-11(2)8-13/h4,6-10H,3,5H2,1-2H3,(H2,17,21)(H,18,20). The SMILES string of the molecule is CCCc1cc(C(=O)NN(C(N)=S)c2cccc(C)c2)cs1. The zero-order valence-electron chi connectivity index (χ0n) is 12.6. The Hall–Kier alpha value is -1.92. The normalized spacial score (nSPS) is 10.3. The van der Waals surface area contributed by atoms with Gasteiger partial charge in [0, 0.05) is 10.3 Å². The number of thiophene rings is 1. The molecule has 0 saturated carbocycles. The minimum Gasteiger partial charge on any atom is -0.374 e. The maximum absolute atomic E-state index is 12.4. The van der Waals surface area contributed by atoms with Gasteiger partial charge in [-0.05, 0) is 49.3 Å². The van der Waals surface area contributed by atoms with Crippen LogP contribution in [0.4, 0.5) is 5.69 Å². The Kier molecular flexibility index (Phi) is 5.51. The molecule has 4 nitrogen and oxygen atoms in total. The number of nitrogens with two attached hydrogens (primary N) is 1. The summed E-state index contributed by atoms with van der Waals surface area (Å²) in [4.78, 5) is 13.6. The van der Waals surface area contributed by atoms with Crippen LogP contribution in [0.3, 0.4) is 0 Å². The van der Waals surface area contributed by atoms with E-state index < -0.39 is 0 Å². The fourth-order valence-corrected chi connectivity index (χ4v) is 3.18. The first-order valence-corrected chi connectivity index (χ1v) is 8.34. The van der Waals surface area contributed by atoms with Crippen molar-refractivity contribution >= 4 is 40.3 Å². The van der Waals surface area contributed by atoms with E-state index in [1.807, 2.05) is 42.6 Å². The topological polar surface area (TPSA) is 58.4 Å². The first-order chi connectivity index (χ1) is 10.5. The second-order valence-electron chi connectivity index (χ2n) is 5.01. The minimum absolute atomic E-state index is 0.1000. The molecule has 0 atom stereocenters. The molecule has 0 spiro atoms. The van der Waals surface area contributed by atoms with E-state index in [-0.39, 0.29) is 11.0 Å². The molecule has 1 amide bonds. The molecule has 22 heavy (non-hydrogen) atoms. The Balaban J connectivity index is 2.16. The molecule has 2 aromatic rings. The van der Waals surface area contributed by atoms with Crippen molar-refractivity contribution in [2.45, 2.75) is 26.7 Å². The molecule has 1 aromatic carbocycles. The summed E-state index contributed by atoms with van der Waals surface area (Å²) in [6.45, 7) is 4.09. The van der Waals surface area contributed by atoms with Crippen LogP contribution in [-0.4, -0.2) is 11.0 Å². The third-order valence-electron chi connectivity index (χ3n) is 3.11. The maximum Gasteiger partial charge on any atom is 0.271 e. The molecule has 1 aromatic heterocycles. The van der Waals surface area contributed by atoms with E-state index in [1.54, 1.807) is 11.3 Å². The van der Waals surface area contributed by atoms with E-state index in [9.17, 15) is 4.79 Å². The van der Waals surface area contributed by atoms with Crippen molar-refractivity contribution in [3.8, 4) is 0 Å². The summed E-state index contributed by atoms with van der Waals surface area (Å²) in [5.74, 6) is -0.215. The quantitative estimate of drug-likeness (QED) is 0.665. The number of hydrogen-bond donors (Lipinski definition) is 2. The molecule has 0 unspecified atom stereocenters. The highest BCUT2D eigenvalue weighted by atomic mass is 32.1. The van der Waals surface area contributed by atoms with Crippen molar-refractivity contribution in [3.63, 3.8) is 0 Å². The minimum atomic E-state index is -0.215. The predicted octanol–water partition coefficient (Wildman–Crippen LogP) is 3.40. The number of anilines is 1. The van der Waals surface area contributed by atoms with E-state index in [1.165, 1.54) is 9.89 Å². The monoisotopic (exact) mass is 333 g/mol. The van der Waals surface area contributed by atoms with Gasteiger partial charge in [-0.3, -0.25) is 10.2 Å². The number of nitrogens with zero attached hydrogens (tertiary/aromatic N) is 1. The van der Waals surface area contributed by atoms with Gasteiger partial charge >= 0.3 is 0 Å². The van der Waals surface area contributed by atoms with Gasteiger partial charge < -0.3 is 5.73 Å². The molecule has 1 heterocycles. The summed E-state index contributed by atoms with van der Waals surface area (Å²) in [5, 5.41) is 3.39. The fourth-order valence-electron chi connectivity index (χ4n) is 2.06. The van der Waals surface area contributed by atoms with Crippen LogP contribution in [0.1, 0.15) is 34.1 Å². The van der Waals surface area contributed by atoms with Gasteiger partial charge in [0.05, 0.1) is 11.3 Å². The highest BCUT2D eigenvalue weighted by molar-refractivity contribution is 7.80. The Morgan fingerprint density at radius 3 is 2.82 bits per heavy atom. The zero-order chi connectivity index (χ0) is 16.1. The zero-order valence-corrected chi connectivity index (χ0v) is 14.3. The number of hydrogen-bond acceptors (Lipinski definition) is 3. The number of carbonyl (C=O) groups is 1. The van der Waals surface area contributed by atoms with Crippen LogP contribution in [0, 0.1) is 6.92 Å². The smallest absolute Gasteiger partial charge is 0.271 e. The molecule has 6 heteroatoms. The average molecular weight is 333 g/mol. The van der Waals surface area contributed by atoms with E-state index in [4.69, 9.17) is 18.0 Å². The fraction of sp³-hybridized carbons (Fsp3) is 0.250. The van der Waals surface area contributed by atoms with Gasteiger partial charge in [-0.2, -0.15) is 0 Å². The molecule has 0 bridgehead atoms. The van der Waals surface area contributed by atoms with Crippen LogP contribution >= 0.6 is 23.6 Å². The van der Waals surface area contributed by atoms with Crippen LogP contribution < -0.4 is 16.2 Å². The van der Waals surface area contributed by atoms with Crippen molar-refractivity contribution in [2.24, 2.45) is 5.73 Å². The maximum atomic E-state index is 12.4. The second-order valence-corrected chi connectivity index (χ2v) is 6.42. The largest absolute Gasteiger partial charge is 0.374 e. The lowest BCUT2D eigenvalue weighted by Crippen LogP contribution is -2.49. The third-order valence-corrected chi connectivity index (χ3v) is 4.29. The molecular weight excluding hydrogens is 314 g/mol. The molecule has 0 saturated heterocycles. The summed E-state index contributed by atoms with van der Waals surface area (Å²) in [6.07, 6.45) is 2.04. The number of thiocarbonyl (C=S) groups is 1. The summed E-state index contributed by atoms with van der Waals surface area (Å²) in [5.41, 5.74) is 10.9. The first-order valence-electron chi connectivity index (χ1n) is 7.06. The Morgan fingerprint density at radius 1 is 1.41 bits per heavy atom. The molecule has 0 radical (unpaired) electrons. The Labute approximate surface area is 139 Å². The van der Waals surface area contributed by atoms with Gasteiger partial charge in [-0.25, -0.2) is 5.01 Å². The molecule has 116 valence electrons. The lowest BCUT2D eigenvalue weighted by atomic mass is 10.2. The van der Waals surface area contributed by atoms with Crippen molar-refractivity contribution in [3.05, 3.63) is 51.7 Å². The van der Waals surface area contributed by atoms with Crippen LogP contribution in [-0.2, 0) is 6.42 Å². The van der Waals surface area contributed by atoms with Crippen molar-refractivity contribution in [1.29, 1.82) is 0 Å². The summed E-state index contributed by atoms with van der Waals surface area (Å²) < 4.78 is 0. The summed E-state index contributed by atoms with van der Waals surface area (Å²) >= 11 is 6.64. The average Bonchev–Trinajstić information content (AvgIpc) is 2.93. The third kappa shape index (κ3) is 4.05. The number of rotatable bonds is 4. The molecule has 3 N–H and O–H groups in total. The predicted molar refractivity (Wildman–Crippen MR) is 96.2 cm³/mol. The lowest BCUT2D eigenvalue weighted by Gasteiger charge is -2.23. The number of aryl methyl sites for hydroxylation is 2. The van der Waals surface area contributed by atoms with E-state index in [0.717, 1.165) is 24.1 Å². The number of hydrazine groups is 1. The van der Waals surface area contributed by atoms with Crippen molar-refractivity contribution in [2.75, 3.05) is 5.01 Å². The Bertz CT molecular complexity index is 682. The number of nitrogens with one attached hydrogen (secondary N) is 1. The molecule has 0 aliphatic heterocycles. The van der Waals surface area contributed by atoms with Gasteiger partial charge in [0.25, 0.3) is 5.91 Å². The van der Waals surface area contributed by atoms with Gasteiger partial charge in [-0.1, -0.05) is 25.5 Å². The van der Waals surface area contributed by atoms with Gasteiger partial charge in [-0.15, -0.1) is 11.3 Å². The molecule has 0 fully saturated rings. The number of benzene rings is 1. The molecular formula is C16H19N3OS2. The molecule has 0 aliphatic carbocycles. The highest BCUT2D eigenvalue weighted by Gasteiger charge is 2.15. The first kappa shape index (κ1) is 16.5. The molecule has 2 rings (SSSR count). The second kappa shape index (κ2) is 7.38. The van der Waals surface area contributed by atoms with Gasteiger partial charge in [0.2, 0.25) is 0 Å². The van der Waals surface area contributed by atoms with Crippen LogP contribution in [0.2, 0.25) is 0 Å². The van der Waals surface area contributed by atoms with Gasteiger partial charge in [0.15, 0.2) is 5.11 Å². The van der Waals surface area contributed by atoms with Crippen molar-refractivity contribution in [1.82, 2.24) is 5.43 Å². The molecule has 0 aliphatic rings. The number of amides is 1. The van der Waals surface area contributed by atoms with E-state index in [2.05, 4.69) is 12.3 Å². The lowest BCUT2D eigenvalue weighted by molar-refractivity contribution is 0.0955. The van der Waals surface area contributed by atoms with Gasteiger partial charge in [0.1, 0.15) is 0 Å². The van der Waals surface area contributed by atoms with Crippen LogP contribution in [0.15, 0.2) is 35.7 Å². The van der Waals surface area contributed by atoms with Crippen LogP contribution in [0.25, 0.3) is 0 Å².